The molecule has 0 bridgehead atoms. The van der Waals surface area contributed by atoms with Crippen molar-refractivity contribution < 1.29 is 10.2 Å². The van der Waals surface area contributed by atoms with E-state index in [1.54, 1.807) is 5.57 Å². The summed E-state index contributed by atoms with van der Waals surface area (Å²) in [6.45, 7) is 7.36. The second-order valence-electron chi connectivity index (χ2n) is 10.6. The smallest absolute Gasteiger partial charge is 0.0798 e. The Morgan fingerprint density at radius 2 is 1.71 bits per heavy atom. The Balaban J connectivity index is 1.48. The van der Waals surface area contributed by atoms with Crippen molar-refractivity contribution in [1.82, 2.24) is 0 Å². The van der Waals surface area contributed by atoms with Gasteiger partial charge in [0.05, 0.1) is 16.3 Å². The molecule has 0 radical (unpaired) electrons. The number of allylic oxidation sites excluding steroid dienone is 1. The van der Waals surface area contributed by atoms with Crippen LogP contribution in [0.5, 0.6) is 0 Å². The van der Waals surface area contributed by atoms with Crippen LogP contribution in [0.2, 0.25) is 0 Å². The summed E-state index contributed by atoms with van der Waals surface area (Å²) >= 11 is 4.22. The molecular formula is C24H36O2S2. The van der Waals surface area contributed by atoms with E-state index < -0.39 is 0 Å². The molecule has 28 heavy (non-hydrogen) atoms. The molecule has 0 aromatic rings. The molecule has 156 valence electrons. The van der Waals surface area contributed by atoms with E-state index in [0.29, 0.717) is 17.8 Å². The van der Waals surface area contributed by atoms with Crippen LogP contribution in [-0.4, -0.2) is 38.0 Å². The van der Waals surface area contributed by atoms with Gasteiger partial charge in [0.25, 0.3) is 0 Å². The minimum atomic E-state index is -0.291. The van der Waals surface area contributed by atoms with Crippen molar-refractivity contribution in [2.75, 3.05) is 11.5 Å². The molecule has 0 aromatic heterocycles. The minimum Gasteiger partial charge on any atom is -0.393 e. The monoisotopic (exact) mass is 420 g/mol. The highest BCUT2D eigenvalue weighted by Gasteiger charge is 2.61. The van der Waals surface area contributed by atoms with E-state index in [1.807, 2.05) is 0 Å². The fourth-order valence-corrected chi connectivity index (χ4v) is 11.1. The molecule has 1 aliphatic heterocycles. The number of thioether (sulfide) groups is 2. The third-order valence-electron chi connectivity index (χ3n) is 9.18. The number of hydrogen-bond donors (Lipinski definition) is 2. The van der Waals surface area contributed by atoms with E-state index in [9.17, 15) is 10.2 Å². The highest BCUT2D eigenvalue weighted by atomic mass is 32.2. The zero-order chi connectivity index (χ0) is 19.7. The molecule has 0 spiro atoms. The van der Waals surface area contributed by atoms with Crippen molar-refractivity contribution in [3.8, 4) is 0 Å². The van der Waals surface area contributed by atoms with Gasteiger partial charge in [-0.05, 0) is 91.6 Å². The average molecular weight is 421 g/mol. The Morgan fingerprint density at radius 1 is 1.00 bits per heavy atom. The normalized spacial score (nSPS) is 50.1. The minimum absolute atomic E-state index is 0.141. The lowest BCUT2D eigenvalue weighted by molar-refractivity contribution is -0.0634. The molecule has 7 atom stereocenters. The van der Waals surface area contributed by atoms with Crippen molar-refractivity contribution >= 4 is 23.5 Å². The molecule has 0 unspecified atom stereocenters. The highest BCUT2D eigenvalue weighted by molar-refractivity contribution is 8.19. The number of aliphatic hydroxyl groups is 2. The van der Waals surface area contributed by atoms with Crippen LogP contribution in [0.4, 0.5) is 0 Å². The largest absolute Gasteiger partial charge is 0.393 e. The third kappa shape index (κ3) is 2.77. The van der Waals surface area contributed by atoms with Crippen molar-refractivity contribution in [3.05, 3.63) is 23.3 Å². The first kappa shape index (κ1) is 20.0. The van der Waals surface area contributed by atoms with E-state index in [1.165, 1.54) is 36.3 Å². The van der Waals surface area contributed by atoms with E-state index in [4.69, 9.17) is 0 Å². The maximum atomic E-state index is 11.3. The first-order valence-electron chi connectivity index (χ1n) is 11.3. The molecule has 0 aromatic carbocycles. The quantitative estimate of drug-likeness (QED) is 0.557. The lowest BCUT2D eigenvalue weighted by Gasteiger charge is -2.59. The molecule has 5 rings (SSSR count). The maximum absolute atomic E-state index is 11.3. The maximum Gasteiger partial charge on any atom is 0.0798 e. The Bertz CT molecular complexity index is 709. The molecule has 5 aliphatic rings. The molecule has 2 N–H and O–H groups in total. The van der Waals surface area contributed by atoms with Crippen LogP contribution in [0.1, 0.15) is 65.7 Å². The van der Waals surface area contributed by atoms with Crippen LogP contribution in [0.25, 0.3) is 0 Å². The Kier molecular flexibility index (Phi) is 4.86. The molecule has 0 amide bonds. The number of aliphatic hydroxyl groups excluding tert-OH is 2. The lowest BCUT2D eigenvalue weighted by atomic mass is 9.47. The average Bonchev–Trinajstić information content (AvgIpc) is 2.95. The number of hydrogen-bond acceptors (Lipinski definition) is 4. The Hall–Kier alpha value is 0.1000. The SMILES string of the molecule is CC1(C2=C[C@@H](O)[C@H]3[C@@H]4CC=C5C[C@@H](O)CC[C@]5(C)[C@H]4CC[C@]23C)SCCCS1. The fraction of sp³-hybridized carbons (Fsp3) is 0.833. The Labute approximate surface area is 179 Å². The number of fused-ring (bicyclic) bond motifs is 5. The van der Waals surface area contributed by atoms with Crippen LogP contribution < -0.4 is 0 Å². The first-order valence-corrected chi connectivity index (χ1v) is 13.3. The van der Waals surface area contributed by atoms with Gasteiger partial charge in [-0.3, -0.25) is 0 Å². The molecule has 1 saturated heterocycles. The topological polar surface area (TPSA) is 40.5 Å². The molecule has 2 saturated carbocycles. The lowest BCUT2D eigenvalue weighted by Crippen LogP contribution is -2.53. The molecule has 3 fully saturated rings. The molecule has 4 aliphatic carbocycles. The van der Waals surface area contributed by atoms with Gasteiger partial charge >= 0.3 is 0 Å². The molecular weight excluding hydrogens is 384 g/mol. The van der Waals surface area contributed by atoms with E-state index in [2.05, 4.69) is 56.4 Å². The zero-order valence-electron chi connectivity index (χ0n) is 17.6. The summed E-state index contributed by atoms with van der Waals surface area (Å²) < 4.78 is 0.143. The fourth-order valence-electron chi connectivity index (χ4n) is 7.76. The van der Waals surface area contributed by atoms with Gasteiger partial charge in [-0.1, -0.05) is 31.6 Å². The van der Waals surface area contributed by atoms with Crippen molar-refractivity contribution in [2.24, 2.45) is 28.6 Å². The third-order valence-corrected chi connectivity index (χ3v) is 12.4. The van der Waals surface area contributed by atoms with E-state index >= 15 is 0 Å². The number of rotatable bonds is 1. The van der Waals surface area contributed by atoms with Gasteiger partial charge < -0.3 is 10.2 Å². The van der Waals surface area contributed by atoms with Gasteiger partial charge in [-0.15, -0.1) is 23.5 Å². The summed E-state index contributed by atoms with van der Waals surface area (Å²) in [6.07, 6.45) is 12.1. The first-order chi connectivity index (χ1) is 13.3. The second kappa shape index (κ2) is 6.80. The van der Waals surface area contributed by atoms with Gasteiger partial charge in [-0.25, -0.2) is 0 Å². The predicted octanol–water partition coefficient (Wildman–Crippen LogP) is 5.40. The summed E-state index contributed by atoms with van der Waals surface area (Å²) in [6, 6.07) is 0. The van der Waals surface area contributed by atoms with Gasteiger partial charge in [0.1, 0.15) is 0 Å². The molecule has 1 heterocycles. The molecule has 4 heteroatoms. The molecule has 2 nitrogen and oxygen atoms in total. The highest BCUT2D eigenvalue weighted by Crippen LogP contribution is 2.68. The van der Waals surface area contributed by atoms with Crippen molar-refractivity contribution in [1.29, 1.82) is 0 Å². The summed E-state index contributed by atoms with van der Waals surface area (Å²) in [7, 11) is 0. The predicted molar refractivity (Wildman–Crippen MR) is 121 cm³/mol. The van der Waals surface area contributed by atoms with Crippen LogP contribution in [0.15, 0.2) is 23.3 Å². The van der Waals surface area contributed by atoms with Crippen LogP contribution in [0, 0.1) is 28.6 Å². The standard InChI is InChI=1S/C24H36O2S2/c1-22-9-7-16(25)13-15(22)5-6-17-18(22)8-10-23(2)20(14-19(26)21(17)23)24(3)27-11-4-12-28-24/h5,14,16-19,21,25-26H,4,6-13H2,1-3H3/t16-,17+,18-,19+,21+,22-,23+/m0/s1. The summed E-state index contributed by atoms with van der Waals surface area (Å²) in [5.41, 5.74) is 3.44. The second-order valence-corrected chi connectivity index (χ2v) is 13.9. The van der Waals surface area contributed by atoms with Gasteiger partial charge in [-0.2, -0.15) is 0 Å². The van der Waals surface area contributed by atoms with Gasteiger partial charge in [0, 0.05) is 5.92 Å². The van der Waals surface area contributed by atoms with E-state index in [-0.39, 0.29) is 27.1 Å². The van der Waals surface area contributed by atoms with Gasteiger partial charge in [0.15, 0.2) is 0 Å². The Morgan fingerprint density at radius 3 is 2.46 bits per heavy atom. The van der Waals surface area contributed by atoms with Crippen LogP contribution in [-0.2, 0) is 0 Å². The zero-order valence-corrected chi connectivity index (χ0v) is 19.2. The van der Waals surface area contributed by atoms with Crippen molar-refractivity contribution in [3.63, 3.8) is 0 Å². The van der Waals surface area contributed by atoms with E-state index in [0.717, 1.165) is 25.7 Å². The summed E-state index contributed by atoms with van der Waals surface area (Å²) in [4.78, 5) is 0. The van der Waals surface area contributed by atoms with Crippen LogP contribution >= 0.6 is 23.5 Å². The summed E-state index contributed by atoms with van der Waals surface area (Å²) in [5.74, 6) is 4.10. The van der Waals surface area contributed by atoms with Crippen LogP contribution in [0.3, 0.4) is 0 Å². The van der Waals surface area contributed by atoms with Crippen molar-refractivity contribution in [2.45, 2.75) is 82.0 Å². The van der Waals surface area contributed by atoms with Gasteiger partial charge in [0.2, 0.25) is 0 Å². The summed E-state index contributed by atoms with van der Waals surface area (Å²) in [5, 5.41) is 21.5.